The zero-order valence-corrected chi connectivity index (χ0v) is 13.4. The molecule has 2 aromatic rings. The maximum Gasteiger partial charge on any atom is 0.239 e. The van der Waals surface area contributed by atoms with Gasteiger partial charge in [-0.3, -0.25) is 10.2 Å². The fourth-order valence-electron chi connectivity index (χ4n) is 3.58. The molecule has 0 radical (unpaired) electrons. The molecule has 2 aliphatic rings. The number of nitrogens with one attached hydrogen (secondary N) is 3. The van der Waals surface area contributed by atoms with Crippen LogP contribution in [-0.2, 0) is 11.3 Å². The van der Waals surface area contributed by atoms with Gasteiger partial charge in [0.25, 0.3) is 0 Å². The van der Waals surface area contributed by atoms with Gasteiger partial charge < -0.3 is 5.32 Å². The maximum absolute atomic E-state index is 12.5. The predicted molar refractivity (Wildman–Crippen MR) is 86.8 cm³/mol. The van der Waals surface area contributed by atoms with Crippen LogP contribution in [0.3, 0.4) is 0 Å². The molecule has 1 aliphatic carbocycles. The van der Waals surface area contributed by atoms with Crippen molar-refractivity contribution in [2.45, 2.75) is 44.3 Å². The molecule has 8 heteroatoms. The summed E-state index contributed by atoms with van der Waals surface area (Å²) in [5.41, 5.74) is 7.39. The average molecular weight is 327 g/mol. The number of amides is 1. The van der Waals surface area contributed by atoms with Crippen molar-refractivity contribution in [1.82, 2.24) is 35.9 Å². The molecule has 3 N–H and O–H groups in total. The molecule has 3 atom stereocenters. The van der Waals surface area contributed by atoms with E-state index < -0.39 is 0 Å². The number of fused-ring (bicyclic) bond motifs is 1. The van der Waals surface area contributed by atoms with E-state index in [2.05, 4.69) is 31.2 Å². The van der Waals surface area contributed by atoms with Crippen molar-refractivity contribution in [3.05, 3.63) is 36.5 Å². The first-order chi connectivity index (χ1) is 11.8. The fourth-order valence-corrected chi connectivity index (χ4v) is 3.58. The highest BCUT2D eigenvalue weighted by molar-refractivity contribution is 5.82. The molecule has 4 rings (SSSR count). The third-order valence-electron chi connectivity index (χ3n) is 4.88. The largest absolute Gasteiger partial charge is 0.351 e. The van der Waals surface area contributed by atoms with Crippen LogP contribution >= 0.6 is 0 Å². The van der Waals surface area contributed by atoms with Gasteiger partial charge in [0.1, 0.15) is 18.7 Å². The lowest BCUT2D eigenvalue weighted by molar-refractivity contribution is -0.124. The zero-order chi connectivity index (χ0) is 16.4. The number of carbonyl (C=O) groups excluding carboxylic acids is 1. The Labute approximate surface area is 140 Å². The highest BCUT2D eigenvalue weighted by Crippen LogP contribution is 2.30. The van der Waals surface area contributed by atoms with Crippen LogP contribution < -0.4 is 16.2 Å². The van der Waals surface area contributed by atoms with Crippen LogP contribution in [0.15, 0.2) is 31.0 Å². The Hall–Kier alpha value is -2.32. The van der Waals surface area contributed by atoms with E-state index in [1.54, 1.807) is 17.2 Å². The fraction of sp³-hybridized carbons (Fsp3) is 0.500. The van der Waals surface area contributed by atoms with E-state index in [9.17, 15) is 4.79 Å². The van der Waals surface area contributed by atoms with E-state index in [-0.39, 0.29) is 11.9 Å². The monoisotopic (exact) mass is 327 g/mol. The number of carbonyl (C=O) groups is 1. The Morgan fingerprint density at radius 2 is 2.21 bits per heavy atom. The summed E-state index contributed by atoms with van der Waals surface area (Å²) in [4.78, 5) is 20.7. The number of hydrazine groups is 1. The van der Waals surface area contributed by atoms with Crippen molar-refractivity contribution in [1.29, 1.82) is 0 Å². The predicted octanol–water partition coefficient (Wildman–Crippen LogP) is 0.314. The molecule has 1 saturated carbocycles. The van der Waals surface area contributed by atoms with E-state index >= 15 is 0 Å². The highest BCUT2D eigenvalue weighted by Gasteiger charge is 2.40. The maximum atomic E-state index is 12.5. The molecule has 0 aromatic carbocycles. The van der Waals surface area contributed by atoms with Gasteiger partial charge in [0.05, 0.1) is 0 Å². The van der Waals surface area contributed by atoms with Crippen LogP contribution in [0.25, 0.3) is 5.82 Å². The van der Waals surface area contributed by atoms with Crippen LogP contribution in [0.2, 0.25) is 0 Å². The van der Waals surface area contributed by atoms with E-state index in [4.69, 9.17) is 0 Å². The number of rotatable bonds is 4. The van der Waals surface area contributed by atoms with Gasteiger partial charge in [0.2, 0.25) is 5.91 Å². The van der Waals surface area contributed by atoms with Crippen molar-refractivity contribution in [3.63, 3.8) is 0 Å². The van der Waals surface area contributed by atoms with E-state index in [0.29, 0.717) is 24.3 Å². The minimum absolute atomic E-state index is 0.0530. The van der Waals surface area contributed by atoms with Gasteiger partial charge in [0.15, 0.2) is 5.82 Å². The molecule has 0 spiro atoms. The molecule has 8 nitrogen and oxygen atoms in total. The first-order valence-electron chi connectivity index (χ1n) is 8.40. The SMILES string of the molecule is O=C(NCc1ccc(-n2cncn2)nc1)C1NNC2CCCCC21. The summed E-state index contributed by atoms with van der Waals surface area (Å²) in [7, 11) is 0. The summed E-state index contributed by atoms with van der Waals surface area (Å²) in [5.74, 6) is 1.15. The normalized spacial score (nSPS) is 26.1. The minimum Gasteiger partial charge on any atom is -0.351 e. The Kier molecular flexibility index (Phi) is 4.22. The van der Waals surface area contributed by atoms with Crippen molar-refractivity contribution < 1.29 is 4.79 Å². The number of aromatic nitrogens is 4. The molecule has 24 heavy (non-hydrogen) atoms. The third-order valence-corrected chi connectivity index (χ3v) is 4.88. The standard InChI is InChI=1S/C16H21N7O/c24-16(15-12-3-1-2-4-13(12)21-22-15)19-8-11-5-6-14(18-7-11)23-10-17-9-20-23/h5-7,9-10,12-13,15,21-22H,1-4,8H2,(H,19,24). The van der Waals surface area contributed by atoms with Crippen molar-refractivity contribution in [2.24, 2.45) is 5.92 Å². The van der Waals surface area contributed by atoms with E-state index in [1.807, 2.05) is 12.1 Å². The molecule has 126 valence electrons. The summed E-state index contributed by atoms with van der Waals surface area (Å²) in [6.45, 7) is 0.471. The summed E-state index contributed by atoms with van der Waals surface area (Å²) in [5, 5.41) is 7.05. The van der Waals surface area contributed by atoms with Gasteiger partial charge in [-0.05, 0) is 24.5 Å². The van der Waals surface area contributed by atoms with Crippen molar-refractivity contribution >= 4 is 5.91 Å². The first kappa shape index (κ1) is 15.2. The molecule has 2 aromatic heterocycles. The third kappa shape index (κ3) is 3.02. The zero-order valence-electron chi connectivity index (χ0n) is 13.4. The smallest absolute Gasteiger partial charge is 0.239 e. The number of hydrogen-bond donors (Lipinski definition) is 3. The quantitative estimate of drug-likeness (QED) is 0.748. The lowest BCUT2D eigenvalue weighted by Crippen LogP contribution is -2.45. The van der Waals surface area contributed by atoms with Crippen LogP contribution in [0.4, 0.5) is 0 Å². The van der Waals surface area contributed by atoms with Gasteiger partial charge >= 0.3 is 0 Å². The Morgan fingerprint density at radius 1 is 1.29 bits per heavy atom. The molecule has 3 unspecified atom stereocenters. The first-order valence-corrected chi connectivity index (χ1v) is 8.40. The Balaban J connectivity index is 1.34. The number of pyridine rings is 1. The van der Waals surface area contributed by atoms with E-state index in [1.165, 1.54) is 19.2 Å². The van der Waals surface area contributed by atoms with Gasteiger partial charge in [-0.2, -0.15) is 5.10 Å². The Bertz CT molecular complexity index is 685. The van der Waals surface area contributed by atoms with Gasteiger partial charge in [-0.1, -0.05) is 18.9 Å². The highest BCUT2D eigenvalue weighted by atomic mass is 16.2. The molecule has 2 fully saturated rings. The molecule has 1 amide bonds. The van der Waals surface area contributed by atoms with Crippen LogP contribution in [0.5, 0.6) is 0 Å². The molecule has 3 heterocycles. The van der Waals surface area contributed by atoms with Gasteiger partial charge in [-0.15, -0.1) is 0 Å². The second kappa shape index (κ2) is 6.66. The number of hydrogen-bond acceptors (Lipinski definition) is 6. The second-order valence-corrected chi connectivity index (χ2v) is 6.40. The summed E-state index contributed by atoms with van der Waals surface area (Å²) in [6, 6.07) is 4.09. The summed E-state index contributed by atoms with van der Waals surface area (Å²) in [6.07, 6.45) is 9.53. The van der Waals surface area contributed by atoms with Crippen LogP contribution in [0.1, 0.15) is 31.2 Å². The average Bonchev–Trinajstić information content (AvgIpc) is 3.30. The topological polar surface area (TPSA) is 96.8 Å². The number of nitrogens with zero attached hydrogens (tertiary/aromatic N) is 4. The second-order valence-electron chi connectivity index (χ2n) is 6.40. The molecular weight excluding hydrogens is 306 g/mol. The van der Waals surface area contributed by atoms with E-state index in [0.717, 1.165) is 18.4 Å². The van der Waals surface area contributed by atoms with Crippen molar-refractivity contribution in [2.75, 3.05) is 0 Å². The van der Waals surface area contributed by atoms with Crippen LogP contribution in [0, 0.1) is 5.92 Å². The summed E-state index contributed by atoms with van der Waals surface area (Å²) < 4.78 is 1.60. The van der Waals surface area contributed by atoms with Gasteiger partial charge in [-0.25, -0.2) is 20.1 Å². The van der Waals surface area contributed by atoms with Crippen LogP contribution in [-0.4, -0.2) is 37.7 Å². The molecular formula is C16H21N7O. The lowest BCUT2D eigenvalue weighted by atomic mass is 9.81. The van der Waals surface area contributed by atoms with Gasteiger partial charge in [0, 0.05) is 24.7 Å². The van der Waals surface area contributed by atoms with Crippen molar-refractivity contribution in [3.8, 4) is 5.82 Å². The summed E-state index contributed by atoms with van der Waals surface area (Å²) >= 11 is 0. The minimum atomic E-state index is -0.141. The molecule has 1 saturated heterocycles. The Morgan fingerprint density at radius 3 is 3.00 bits per heavy atom. The lowest BCUT2D eigenvalue weighted by Gasteiger charge is -2.26. The molecule has 0 bridgehead atoms. The molecule has 1 aliphatic heterocycles.